The normalized spacial score (nSPS) is 25.0. The Labute approximate surface area is 166 Å². The van der Waals surface area contributed by atoms with Crippen molar-refractivity contribution in [3.8, 4) is 11.8 Å². The molecule has 1 aromatic carbocycles. The molecule has 146 valence electrons. The van der Waals surface area contributed by atoms with Crippen molar-refractivity contribution in [2.45, 2.75) is 64.1 Å². The van der Waals surface area contributed by atoms with E-state index in [1.165, 1.54) is 0 Å². The van der Waals surface area contributed by atoms with E-state index in [0.29, 0.717) is 18.2 Å². The van der Waals surface area contributed by atoms with Gasteiger partial charge in [0, 0.05) is 34.2 Å². The fourth-order valence-electron chi connectivity index (χ4n) is 5.38. The summed E-state index contributed by atoms with van der Waals surface area (Å²) in [5.41, 5.74) is 4.02. The Morgan fingerprint density at radius 1 is 1.29 bits per heavy atom. The highest BCUT2D eigenvalue weighted by molar-refractivity contribution is 5.99. The van der Waals surface area contributed by atoms with Gasteiger partial charge in [-0.1, -0.05) is 0 Å². The third-order valence-corrected chi connectivity index (χ3v) is 6.91. The minimum atomic E-state index is -0.418. The lowest BCUT2D eigenvalue weighted by atomic mass is 9.83. The fourth-order valence-corrected chi connectivity index (χ4v) is 5.38. The lowest BCUT2D eigenvalue weighted by Crippen LogP contribution is -2.51. The second kappa shape index (κ2) is 6.88. The number of hydrogen-bond donors (Lipinski definition) is 1. The van der Waals surface area contributed by atoms with Crippen LogP contribution in [0.1, 0.15) is 59.9 Å². The van der Waals surface area contributed by atoms with Crippen molar-refractivity contribution in [2.24, 2.45) is 0 Å². The number of ketones is 1. The predicted molar refractivity (Wildman–Crippen MR) is 108 cm³/mol. The second-order valence-corrected chi connectivity index (χ2v) is 8.34. The van der Waals surface area contributed by atoms with Gasteiger partial charge in [-0.2, -0.15) is 5.26 Å². The molecule has 0 amide bonds. The van der Waals surface area contributed by atoms with E-state index in [1.54, 1.807) is 12.1 Å². The molecule has 0 aliphatic carbocycles. The van der Waals surface area contributed by atoms with E-state index in [1.807, 2.05) is 39.0 Å². The van der Waals surface area contributed by atoms with Crippen molar-refractivity contribution in [3.05, 3.63) is 52.8 Å². The van der Waals surface area contributed by atoms with E-state index in [2.05, 4.69) is 15.5 Å². The first-order valence-corrected chi connectivity index (χ1v) is 10.0. The number of aliphatic hydroxyl groups is 1. The third-order valence-electron chi connectivity index (χ3n) is 6.91. The van der Waals surface area contributed by atoms with Crippen LogP contribution in [-0.2, 0) is 0 Å². The van der Waals surface area contributed by atoms with Crippen LogP contribution in [0.3, 0.4) is 0 Å². The molecule has 1 aromatic heterocycles. The smallest absolute Gasteiger partial charge is 0.178 e. The first kappa shape index (κ1) is 18.9. The number of rotatable bonds is 5. The van der Waals surface area contributed by atoms with Gasteiger partial charge in [0.05, 0.1) is 24.3 Å². The summed E-state index contributed by atoms with van der Waals surface area (Å²) in [5.74, 6) is 0.117. The Bertz CT molecular complexity index is 941. The summed E-state index contributed by atoms with van der Waals surface area (Å²) in [7, 11) is 0. The lowest BCUT2D eigenvalue weighted by Gasteiger charge is -2.37. The number of aromatic nitrogens is 1. The molecule has 28 heavy (non-hydrogen) atoms. The number of aryl methyl sites for hydroxylation is 1. The molecule has 2 fully saturated rings. The second-order valence-electron chi connectivity index (χ2n) is 8.34. The summed E-state index contributed by atoms with van der Waals surface area (Å²) in [6.07, 6.45) is 3.68. The third kappa shape index (κ3) is 2.80. The summed E-state index contributed by atoms with van der Waals surface area (Å²) in [6.45, 7) is 6.20. The number of benzene rings is 1. The number of Topliss-reactive ketones (excluding diaryl/α,β-unsaturated/α-hetero) is 1. The molecule has 0 saturated carbocycles. The van der Waals surface area contributed by atoms with Crippen LogP contribution in [0.2, 0.25) is 0 Å². The molecule has 2 bridgehead atoms. The van der Waals surface area contributed by atoms with E-state index in [0.717, 1.165) is 48.3 Å². The maximum absolute atomic E-state index is 13.2. The molecule has 1 atom stereocenters. The van der Waals surface area contributed by atoms with Crippen LogP contribution < -0.4 is 0 Å². The van der Waals surface area contributed by atoms with E-state index in [9.17, 15) is 9.90 Å². The number of aliphatic hydroxyl groups excluding tert-OH is 1. The van der Waals surface area contributed by atoms with Crippen LogP contribution in [-0.4, -0.2) is 44.6 Å². The molecular weight excluding hydrogens is 350 g/mol. The molecule has 0 spiro atoms. The largest absolute Gasteiger partial charge is 0.391 e. The average Bonchev–Trinajstić information content (AvgIpc) is 3.32. The molecule has 1 unspecified atom stereocenters. The van der Waals surface area contributed by atoms with Crippen molar-refractivity contribution in [3.63, 3.8) is 0 Å². The van der Waals surface area contributed by atoms with Crippen LogP contribution in [0.4, 0.5) is 0 Å². The summed E-state index contributed by atoms with van der Waals surface area (Å²) in [5, 5.41) is 19.4. The summed E-state index contributed by atoms with van der Waals surface area (Å²) in [4.78, 5) is 15.5. The molecule has 0 radical (unpaired) electrons. The summed E-state index contributed by atoms with van der Waals surface area (Å²) in [6, 6.07) is 11.9. The number of carbonyl (C=O) groups excluding carboxylic acids is 1. The minimum absolute atomic E-state index is 0.117. The van der Waals surface area contributed by atoms with Crippen molar-refractivity contribution in [1.29, 1.82) is 5.26 Å². The highest BCUT2D eigenvalue weighted by Crippen LogP contribution is 2.48. The minimum Gasteiger partial charge on any atom is -0.391 e. The van der Waals surface area contributed by atoms with Crippen LogP contribution in [0.5, 0.6) is 0 Å². The molecule has 2 aliphatic rings. The van der Waals surface area contributed by atoms with Crippen molar-refractivity contribution in [1.82, 2.24) is 9.47 Å². The van der Waals surface area contributed by atoms with Crippen molar-refractivity contribution < 1.29 is 9.90 Å². The molecular formula is C23H27N3O2. The fraction of sp³-hybridized carbons (Fsp3) is 0.478. The van der Waals surface area contributed by atoms with Gasteiger partial charge >= 0.3 is 0 Å². The van der Waals surface area contributed by atoms with Crippen molar-refractivity contribution >= 4 is 5.78 Å². The van der Waals surface area contributed by atoms with Gasteiger partial charge in [0.2, 0.25) is 0 Å². The van der Waals surface area contributed by atoms with Crippen LogP contribution in [0.25, 0.3) is 5.69 Å². The number of carbonyl (C=O) groups is 1. The molecule has 5 heteroatoms. The van der Waals surface area contributed by atoms with E-state index >= 15 is 0 Å². The van der Waals surface area contributed by atoms with E-state index in [-0.39, 0.29) is 11.3 Å². The van der Waals surface area contributed by atoms with Gasteiger partial charge in [-0.05, 0) is 76.8 Å². The zero-order chi connectivity index (χ0) is 20.1. The molecule has 5 nitrogen and oxygen atoms in total. The first-order chi connectivity index (χ1) is 13.4. The Morgan fingerprint density at radius 2 is 1.93 bits per heavy atom. The molecule has 4 rings (SSSR count). The lowest BCUT2D eigenvalue weighted by molar-refractivity contribution is 0.0162. The monoisotopic (exact) mass is 377 g/mol. The summed E-state index contributed by atoms with van der Waals surface area (Å²) < 4.78 is 2.07. The van der Waals surface area contributed by atoms with Gasteiger partial charge < -0.3 is 9.67 Å². The van der Waals surface area contributed by atoms with Gasteiger partial charge in [0.15, 0.2) is 5.78 Å². The number of nitrogens with zero attached hydrogens (tertiary/aromatic N) is 3. The Hall–Kier alpha value is -2.42. The highest BCUT2D eigenvalue weighted by atomic mass is 16.3. The average molecular weight is 377 g/mol. The van der Waals surface area contributed by atoms with E-state index < -0.39 is 6.10 Å². The molecule has 2 aromatic rings. The highest BCUT2D eigenvalue weighted by Gasteiger charge is 2.54. The Balaban J connectivity index is 1.62. The molecule has 2 aliphatic heterocycles. The zero-order valence-corrected chi connectivity index (χ0v) is 16.8. The Morgan fingerprint density at radius 3 is 2.50 bits per heavy atom. The van der Waals surface area contributed by atoms with Crippen molar-refractivity contribution in [2.75, 3.05) is 6.54 Å². The standard InChI is InChI=1S/C23H27N3O2/c1-15-12-21(16(2)26(15)20-6-4-18(13-24)5-7-20)22(28)14-25-19-8-10-23(25,11-9-19)17(3)27/h4-7,12,17,19,27H,8-11,14H2,1-3H3. The number of fused-ring (bicyclic) bond motifs is 2. The maximum atomic E-state index is 13.2. The van der Waals surface area contributed by atoms with Gasteiger partial charge in [-0.25, -0.2) is 0 Å². The number of nitriles is 1. The molecule has 2 saturated heterocycles. The maximum Gasteiger partial charge on any atom is 0.178 e. The van der Waals surface area contributed by atoms with Gasteiger partial charge in [0.25, 0.3) is 0 Å². The summed E-state index contributed by atoms with van der Waals surface area (Å²) >= 11 is 0. The van der Waals surface area contributed by atoms with E-state index in [4.69, 9.17) is 5.26 Å². The molecule has 3 heterocycles. The van der Waals surface area contributed by atoms with Crippen LogP contribution in [0, 0.1) is 25.2 Å². The zero-order valence-electron chi connectivity index (χ0n) is 16.8. The first-order valence-electron chi connectivity index (χ1n) is 10.0. The topological polar surface area (TPSA) is 69.3 Å². The van der Waals surface area contributed by atoms with Crippen LogP contribution in [0.15, 0.2) is 30.3 Å². The quantitative estimate of drug-likeness (QED) is 0.810. The van der Waals surface area contributed by atoms with Gasteiger partial charge in [-0.15, -0.1) is 0 Å². The SMILES string of the molecule is Cc1cc(C(=O)CN2C3CCC2(C(C)O)CC3)c(C)n1-c1ccc(C#N)cc1. The number of hydrogen-bond acceptors (Lipinski definition) is 4. The Kier molecular flexibility index (Phi) is 4.65. The molecule has 1 N–H and O–H groups in total. The van der Waals surface area contributed by atoms with Gasteiger partial charge in [0.1, 0.15) is 0 Å². The van der Waals surface area contributed by atoms with Crippen LogP contribution >= 0.6 is 0 Å². The van der Waals surface area contributed by atoms with Gasteiger partial charge in [-0.3, -0.25) is 9.69 Å². The predicted octanol–water partition coefficient (Wildman–Crippen LogP) is 3.53.